The minimum atomic E-state index is 0.0745. The number of aromatic nitrogens is 1. The summed E-state index contributed by atoms with van der Waals surface area (Å²) in [5, 5.41) is 0. The molecule has 0 aliphatic carbocycles. The number of anilines is 1. The van der Waals surface area contributed by atoms with Crippen molar-refractivity contribution in [3.63, 3.8) is 0 Å². The zero-order valence-electron chi connectivity index (χ0n) is 11.6. The summed E-state index contributed by atoms with van der Waals surface area (Å²) in [6.45, 7) is 6.72. The molecular weight excluding hydrogens is 222 g/mol. The zero-order valence-corrected chi connectivity index (χ0v) is 11.6. The van der Waals surface area contributed by atoms with Crippen molar-refractivity contribution in [2.75, 3.05) is 18.0 Å². The first kappa shape index (κ1) is 13.3. The quantitative estimate of drug-likeness (QED) is 0.869. The molecule has 1 saturated heterocycles. The van der Waals surface area contributed by atoms with E-state index in [0.717, 1.165) is 18.0 Å². The predicted molar refractivity (Wildman–Crippen MR) is 76.7 cm³/mol. The number of rotatable bonds is 5. The van der Waals surface area contributed by atoms with E-state index in [9.17, 15) is 0 Å². The third kappa shape index (κ3) is 3.02. The third-order valence-electron chi connectivity index (χ3n) is 3.94. The van der Waals surface area contributed by atoms with Gasteiger partial charge in [-0.15, -0.1) is 0 Å². The van der Waals surface area contributed by atoms with Gasteiger partial charge in [0.25, 0.3) is 0 Å². The van der Waals surface area contributed by atoms with Crippen LogP contribution in [0.3, 0.4) is 0 Å². The van der Waals surface area contributed by atoms with Crippen molar-refractivity contribution in [3.05, 3.63) is 24.0 Å². The largest absolute Gasteiger partial charge is 0.370 e. The molecular formula is C15H25N3. The van der Waals surface area contributed by atoms with Gasteiger partial charge in [-0.25, -0.2) is 0 Å². The predicted octanol–water partition coefficient (Wildman–Crippen LogP) is 3.12. The molecule has 0 spiro atoms. The monoisotopic (exact) mass is 247 g/mol. The molecule has 2 N–H and O–H groups in total. The van der Waals surface area contributed by atoms with Crippen LogP contribution in [0.2, 0.25) is 0 Å². The van der Waals surface area contributed by atoms with E-state index in [2.05, 4.69) is 35.9 Å². The highest BCUT2D eigenvalue weighted by Gasteiger charge is 2.22. The maximum absolute atomic E-state index is 5.98. The standard InChI is InChI=1S/C15H25N3/c1-3-5-12-8-9-18(11-12)13-6-7-15(17-10-13)14(16)4-2/h6-7,10,12,14H,3-5,8-9,11,16H2,1-2H3/t12?,14-/m0/s1. The number of nitrogens with two attached hydrogens (primary N) is 1. The molecule has 3 nitrogen and oxygen atoms in total. The van der Waals surface area contributed by atoms with Crippen LogP contribution in [-0.2, 0) is 0 Å². The summed E-state index contributed by atoms with van der Waals surface area (Å²) < 4.78 is 0. The Bertz CT molecular complexity index is 361. The summed E-state index contributed by atoms with van der Waals surface area (Å²) in [6.07, 6.45) is 6.89. The molecule has 1 fully saturated rings. The first-order valence-corrected chi connectivity index (χ1v) is 7.21. The van der Waals surface area contributed by atoms with Gasteiger partial charge in [-0.3, -0.25) is 4.98 Å². The molecule has 18 heavy (non-hydrogen) atoms. The van der Waals surface area contributed by atoms with Gasteiger partial charge >= 0.3 is 0 Å². The van der Waals surface area contributed by atoms with Crippen LogP contribution < -0.4 is 10.6 Å². The van der Waals surface area contributed by atoms with Gasteiger partial charge < -0.3 is 10.6 Å². The summed E-state index contributed by atoms with van der Waals surface area (Å²) in [7, 11) is 0. The molecule has 1 aromatic heterocycles. The van der Waals surface area contributed by atoms with Crippen LogP contribution in [0.25, 0.3) is 0 Å². The second-order valence-electron chi connectivity index (χ2n) is 5.35. The first-order chi connectivity index (χ1) is 8.74. The summed E-state index contributed by atoms with van der Waals surface area (Å²) >= 11 is 0. The van der Waals surface area contributed by atoms with E-state index < -0.39 is 0 Å². The van der Waals surface area contributed by atoms with Gasteiger partial charge in [-0.1, -0.05) is 20.3 Å². The Morgan fingerprint density at radius 3 is 2.89 bits per heavy atom. The number of pyridine rings is 1. The van der Waals surface area contributed by atoms with Crippen molar-refractivity contribution in [2.24, 2.45) is 11.7 Å². The Labute approximate surface area is 110 Å². The number of hydrogen-bond donors (Lipinski definition) is 1. The average Bonchev–Trinajstić information content (AvgIpc) is 2.87. The molecule has 1 unspecified atom stereocenters. The van der Waals surface area contributed by atoms with Gasteiger partial charge in [0.05, 0.1) is 17.6 Å². The van der Waals surface area contributed by atoms with E-state index in [1.165, 1.54) is 38.0 Å². The molecule has 0 bridgehead atoms. The van der Waals surface area contributed by atoms with Crippen LogP contribution in [0.4, 0.5) is 5.69 Å². The Hall–Kier alpha value is -1.09. The van der Waals surface area contributed by atoms with E-state index in [0.29, 0.717) is 0 Å². The first-order valence-electron chi connectivity index (χ1n) is 7.21. The number of hydrogen-bond acceptors (Lipinski definition) is 3. The van der Waals surface area contributed by atoms with Crippen LogP contribution in [-0.4, -0.2) is 18.1 Å². The fourth-order valence-corrected chi connectivity index (χ4v) is 2.72. The van der Waals surface area contributed by atoms with Crippen molar-refractivity contribution in [1.82, 2.24) is 4.98 Å². The van der Waals surface area contributed by atoms with E-state index in [4.69, 9.17) is 5.73 Å². The van der Waals surface area contributed by atoms with Crippen molar-refractivity contribution in [3.8, 4) is 0 Å². The summed E-state index contributed by atoms with van der Waals surface area (Å²) in [5.41, 5.74) is 8.24. The molecule has 1 aliphatic rings. The van der Waals surface area contributed by atoms with Crippen molar-refractivity contribution < 1.29 is 0 Å². The lowest BCUT2D eigenvalue weighted by atomic mass is 10.0. The smallest absolute Gasteiger partial charge is 0.0572 e. The summed E-state index contributed by atoms with van der Waals surface area (Å²) in [5.74, 6) is 0.868. The molecule has 3 heteroatoms. The maximum Gasteiger partial charge on any atom is 0.0572 e. The molecule has 1 aliphatic heterocycles. The fraction of sp³-hybridized carbons (Fsp3) is 0.667. The van der Waals surface area contributed by atoms with E-state index in [-0.39, 0.29) is 6.04 Å². The minimum Gasteiger partial charge on any atom is -0.370 e. The molecule has 0 saturated carbocycles. The third-order valence-corrected chi connectivity index (χ3v) is 3.94. The highest BCUT2D eigenvalue weighted by Crippen LogP contribution is 2.26. The normalized spacial score (nSPS) is 21.3. The molecule has 2 rings (SSSR count). The molecule has 0 radical (unpaired) electrons. The fourth-order valence-electron chi connectivity index (χ4n) is 2.72. The van der Waals surface area contributed by atoms with Gasteiger partial charge in [0, 0.05) is 19.1 Å². The van der Waals surface area contributed by atoms with Crippen LogP contribution in [0, 0.1) is 5.92 Å². The van der Waals surface area contributed by atoms with Crippen LogP contribution in [0.15, 0.2) is 18.3 Å². The minimum absolute atomic E-state index is 0.0745. The molecule has 0 amide bonds. The second-order valence-corrected chi connectivity index (χ2v) is 5.35. The van der Waals surface area contributed by atoms with E-state index in [1.54, 1.807) is 0 Å². The lowest BCUT2D eigenvalue weighted by molar-refractivity contribution is 0.530. The van der Waals surface area contributed by atoms with Crippen molar-refractivity contribution in [1.29, 1.82) is 0 Å². The Morgan fingerprint density at radius 1 is 1.44 bits per heavy atom. The molecule has 2 atom stereocenters. The van der Waals surface area contributed by atoms with Gasteiger partial charge in [0.2, 0.25) is 0 Å². The average molecular weight is 247 g/mol. The number of nitrogens with zero attached hydrogens (tertiary/aromatic N) is 2. The van der Waals surface area contributed by atoms with Crippen LogP contribution in [0.5, 0.6) is 0 Å². The van der Waals surface area contributed by atoms with Gasteiger partial charge in [0.1, 0.15) is 0 Å². The Balaban J connectivity index is 1.98. The molecule has 1 aromatic rings. The zero-order chi connectivity index (χ0) is 13.0. The Morgan fingerprint density at radius 2 is 2.28 bits per heavy atom. The molecule has 0 aromatic carbocycles. The highest BCUT2D eigenvalue weighted by atomic mass is 15.2. The Kier molecular flexibility index (Phi) is 4.59. The van der Waals surface area contributed by atoms with Crippen LogP contribution >= 0.6 is 0 Å². The van der Waals surface area contributed by atoms with Crippen molar-refractivity contribution >= 4 is 5.69 Å². The topological polar surface area (TPSA) is 42.1 Å². The molecule has 100 valence electrons. The van der Waals surface area contributed by atoms with Crippen molar-refractivity contribution in [2.45, 2.75) is 45.6 Å². The maximum atomic E-state index is 5.98. The van der Waals surface area contributed by atoms with E-state index in [1.807, 2.05) is 6.20 Å². The van der Waals surface area contributed by atoms with Gasteiger partial charge in [0.15, 0.2) is 0 Å². The van der Waals surface area contributed by atoms with E-state index >= 15 is 0 Å². The highest BCUT2D eigenvalue weighted by molar-refractivity contribution is 5.45. The lowest BCUT2D eigenvalue weighted by Crippen LogP contribution is -2.20. The SMILES string of the molecule is CCCC1CCN(c2ccc([C@@H](N)CC)nc2)C1. The summed E-state index contributed by atoms with van der Waals surface area (Å²) in [6, 6.07) is 4.33. The van der Waals surface area contributed by atoms with Gasteiger partial charge in [-0.05, 0) is 37.3 Å². The second kappa shape index (κ2) is 6.19. The van der Waals surface area contributed by atoms with Gasteiger partial charge in [-0.2, -0.15) is 0 Å². The lowest BCUT2D eigenvalue weighted by Gasteiger charge is -2.19. The summed E-state index contributed by atoms with van der Waals surface area (Å²) in [4.78, 5) is 6.95. The van der Waals surface area contributed by atoms with Crippen LogP contribution in [0.1, 0.15) is 51.3 Å². The molecule has 2 heterocycles.